The molecule has 4 N–H and O–H groups in total. The Morgan fingerprint density at radius 3 is 2.20 bits per heavy atom. The molecule has 0 bridgehead atoms. The van der Waals surface area contributed by atoms with Crippen molar-refractivity contribution in [2.24, 2.45) is 23.7 Å². The van der Waals surface area contributed by atoms with Gasteiger partial charge in [0.25, 0.3) is 0 Å². The summed E-state index contributed by atoms with van der Waals surface area (Å²) in [4.78, 5) is 29.6. The lowest BCUT2D eigenvalue weighted by atomic mass is 9.79. The molecule has 4 heterocycles. The topological polar surface area (TPSA) is 214 Å². The minimum absolute atomic E-state index is 0.116. The number of ketones is 1. The Hall–Kier alpha value is -3.46. The number of methoxy groups -OCH3 is 2. The van der Waals surface area contributed by atoms with Crippen LogP contribution in [0.2, 0.25) is 0 Å². The molecule has 17 nitrogen and oxygen atoms in total. The van der Waals surface area contributed by atoms with E-state index in [2.05, 4.69) is 10.3 Å². The highest BCUT2D eigenvalue weighted by atomic mass is 16.7. The number of allylic oxidation sites excluding steroid dienone is 3. The summed E-state index contributed by atoms with van der Waals surface area (Å²) in [7, 11) is 6.50. The molecular formula is C48H74N4O13. The van der Waals surface area contributed by atoms with Crippen molar-refractivity contribution in [3.8, 4) is 11.3 Å². The minimum atomic E-state index is -1.28. The lowest BCUT2D eigenvalue weighted by Gasteiger charge is -2.46. The van der Waals surface area contributed by atoms with Crippen LogP contribution in [0.5, 0.6) is 0 Å². The fraction of sp³-hybridized carbons (Fsp3) is 0.708. The highest BCUT2D eigenvalue weighted by Crippen LogP contribution is 2.35. The normalized spacial score (nSPS) is 38.3. The van der Waals surface area contributed by atoms with Gasteiger partial charge in [-0.15, -0.1) is 5.10 Å². The first-order valence-corrected chi connectivity index (χ1v) is 23.0. The SMILES string of the molecule is CC[C@H]1OC(=O)C[C@@H](O)[C@H](C)[C@@H](O[C@@H]2O[C@H](C)[C@@H](O)C(N(C)C)C2O)[C@@H](CCn2cc(-c3ccccc3)nn2)C[C@@H](C)C(=O)/C=C/C(C)=C/[C@@H]1CCO[C@@H]1OC(C)[C@@H](O)[C@H](OC)C1OC. The van der Waals surface area contributed by atoms with E-state index in [4.69, 9.17) is 33.2 Å². The molecule has 65 heavy (non-hydrogen) atoms. The number of aromatic nitrogens is 3. The summed E-state index contributed by atoms with van der Waals surface area (Å²) in [6, 6.07) is 8.96. The first-order valence-electron chi connectivity index (χ1n) is 23.0. The first-order chi connectivity index (χ1) is 31.0. The zero-order chi connectivity index (χ0) is 47.5. The van der Waals surface area contributed by atoms with Crippen LogP contribution in [0.3, 0.4) is 0 Å². The van der Waals surface area contributed by atoms with E-state index in [9.17, 15) is 30.0 Å². The molecule has 5 rings (SSSR count). The maximum absolute atomic E-state index is 14.0. The van der Waals surface area contributed by atoms with Gasteiger partial charge in [-0.1, -0.05) is 74.0 Å². The van der Waals surface area contributed by atoms with Crippen LogP contribution in [0.15, 0.2) is 60.3 Å². The Balaban J connectivity index is 1.44. The summed E-state index contributed by atoms with van der Waals surface area (Å²) in [5.41, 5.74) is 2.39. The van der Waals surface area contributed by atoms with E-state index >= 15 is 0 Å². The predicted molar refractivity (Wildman–Crippen MR) is 240 cm³/mol. The molecule has 2 aromatic rings. The summed E-state index contributed by atoms with van der Waals surface area (Å²) in [5, 5.41) is 54.0. The van der Waals surface area contributed by atoms with E-state index in [0.717, 1.165) is 11.1 Å². The third-order valence-corrected chi connectivity index (χ3v) is 13.3. The number of hydrogen-bond donors (Lipinski definition) is 4. The number of cyclic esters (lactones) is 1. The molecule has 2 fully saturated rings. The molecule has 0 radical (unpaired) electrons. The van der Waals surface area contributed by atoms with Crippen LogP contribution in [-0.4, -0.2) is 167 Å². The third-order valence-electron chi connectivity index (χ3n) is 13.3. The second-order valence-corrected chi connectivity index (χ2v) is 18.3. The van der Waals surface area contributed by atoms with Gasteiger partial charge in [0, 0.05) is 44.1 Å². The standard InChI is InChI=1S/C48H74N4O13/c1-11-38-33(20-22-61-48-46(60-10)45(59-9)42(57)31(6)63-48)23-27(2)17-18-36(53)28(3)24-34(19-21-52-26-35(49-50-52)32-15-13-12-14-16-32)44(29(4)37(54)25-39(55)64-38)65-47-43(58)40(51(7)8)41(56)30(5)62-47/h12-18,23,26,28-31,33-34,37-38,40-48,54,56-58H,11,19-22,24-25H2,1-10H3/b18-17+,27-23+/t28-,29+,30-,31?,33+,34+,37-,38-,40?,41-,42-,43?,44-,45+,46?,47+,48-/m1/s1. The van der Waals surface area contributed by atoms with Crippen molar-refractivity contribution < 1.29 is 63.2 Å². The second-order valence-electron chi connectivity index (χ2n) is 18.3. The first kappa shape index (κ1) is 52.5. The number of likely N-dealkylation sites (N-methyl/N-ethyl adjacent to an activating group) is 1. The van der Waals surface area contributed by atoms with Gasteiger partial charge in [0.1, 0.15) is 36.2 Å². The van der Waals surface area contributed by atoms with Crippen molar-refractivity contribution in [2.45, 2.75) is 160 Å². The molecule has 17 heteroatoms. The molecule has 364 valence electrons. The minimum Gasteiger partial charge on any atom is -0.462 e. The molecule has 17 atom stereocenters. The highest BCUT2D eigenvalue weighted by Gasteiger charge is 2.48. The van der Waals surface area contributed by atoms with Gasteiger partial charge in [0.2, 0.25) is 0 Å². The van der Waals surface area contributed by atoms with Crippen LogP contribution in [0.25, 0.3) is 11.3 Å². The molecule has 0 amide bonds. The number of hydrogen-bond acceptors (Lipinski definition) is 16. The van der Waals surface area contributed by atoms with E-state index in [1.165, 1.54) is 14.2 Å². The summed E-state index contributed by atoms with van der Waals surface area (Å²) < 4.78 is 44.1. The van der Waals surface area contributed by atoms with Gasteiger partial charge in [0.15, 0.2) is 18.4 Å². The number of rotatable bonds is 14. The van der Waals surface area contributed by atoms with Gasteiger partial charge in [-0.05, 0) is 72.5 Å². The van der Waals surface area contributed by atoms with Gasteiger partial charge >= 0.3 is 5.97 Å². The Bertz CT molecular complexity index is 1850. The smallest absolute Gasteiger partial charge is 0.308 e. The molecule has 0 aliphatic carbocycles. The molecule has 1 aromatic carbocycles. The predicted octanol–water partition coefficient (Wildman–Crippen LogP) is 3.71. The van der Waals surface area contributed by atoms with Gasteiger partial charge < -0.3 is 58.5 Å². The van der Waals surface area contributed by atoms with E-state index in [1.54, 1.807) is 56.6 Å². The average Bonchev–Trinajstić information content (AvgIpc) is 3.76. The van der Waals surface area contributed by atoms with Gasteiger partial charge in [-0.25, -0.2) is 0 Å². The van der Waals surface area contributed by atoms with E-state index < -0.39 is 103 Å². The third kappa shape index (κ3) is 13.6. The monoisotopic (exact) mass is 915 g/mol. The number of ether oxygens (including phenoxy) is 7. The number of nitrogens with zero attached hydrogens (tertiary/aromatic N) is 4. The molecule has 4 unspecified atom stereocenters. The number of carbonyl (C=O) groups is 2. The Morgan fingerprint density at radius 2 is 1.54 bits per heavy atom. The maximum Gasteiger partial charge on any atom is 0.308 e. The van der Waals surface area contributed by atoms with Crippen LogP contribution in [0.4, 0.5) is 0 Å². The lowest BCUT2D eigenvalue weighted by molar-refractivity contribution is -0.304. The number of aliphatic hydroxyl groups is 4. The summed E-state index contributed by atoms with van der Waals surface area (Å²) in [6.07, 6.45) is -2.27. The molecule has 3 aliphatic heterocycles. The Labute approximate surface area is 384 Å². The van der Waals surface area contributed by atoms with Crippen molar-refractivity contribution in [1.29, 1.82) is 0 Å². The number of esters is 1. The Morgan fingerprint density at radius 1 is 0.862 bits per heavy atom. The summed E-state index contributed by atoms with van der Waals surface area (Å²) in [6.45, 7) is 11.4. The van der Waals surface area contributed by atoms with E-state index in [0.29, 0.717) is 37.9 Å². The van der Waals surface area contributed by atoms with Gasteiger partial charge in [-0.3, -0.25) is 14.3 Å². The zero-order valence-electron chi connectivity index (χ0n) is 39.7. The number of carbonyl (C=O) groups excluding carboxylic acids is 2. The summed E-state index contributed by atoms with van der Waals surface area (Å²) >= 11 is 0. The van der Waals surface area contributed by atoms with Crippen molar-refractivity contribution in [3.05, 3.63) is 60.3 Å². The quantitative estimate of drug-likeness (QED) is 0.199. The van der Waals surface area contributed by atoms with E-state index in [1.807, 2.05) is 63.4 Å². The van der Waals surface area contributed by atoms with Crippen LogP contribution >= 0.6 is 0 Å². The highest BCUT2D eigenvalue weighted by molar-refractivity contribution is 5.91. The second kappa shape index (κ2) is 24.5. The molecular weight excluding hydrogens is 841 g/mol. The molecule has 3 aliphatic rings. The zero-order valence-corrected chi connectivity index (χ0v) is 39.7. The molecule has 0 spiro atoms. The molecule has 0 saturated carbocycles. The van der Waals surface area contributed by atoms with Crippen LogP contribution in [-0.2, 0) is 49.3 Å². The van der Waals surface area contributed by atoms with Crippen molar-refractivity contribution in [1.82, 2.24) is 19.9 Å². The summed E-state index contributed by atoms with van der Waals surface area (Å²) in [5.74, 6) is -2.76. The number of aryl methyl sites for hydroxylation is 1. The largest absolute Gasteiger partial charge is 0.462 e. The van der Waals surface area contributed by atoms with Crippen molar-refractivity contribution >= 4 is 11.8 Å². The van der Waals surface area contributed by atoms with Crippen molar-refractivity contribution in [3.63, 3.8) is 0 Å². The van der Waals surface area contributed by atoms with Crippen LogP contribution in [0.1, 0.15) is 73.6 Å². The fourth-order valence-electron chi connectivity index (χ4n) is 9.36. The van der Waals surface area contributed by atoms with Gasteiger partial charge in [0.05, 0.1) is 55.8 Å². The Kier molecular flexibility index (Phi) is 19.8. The fourth-order valence-corrected chi connectivity index (χ4v) is 9.36. The van der Waals surface area contributed by atoms with Gasteiger partial charge in [-0.2, -0.15) is 0 Å². The number of benzene rings is 1. The molecule has 2 saturated heterocycles. The van der Waals surface area contributed by atoms with Crippen LogP contribution in [0, 0.1) is 23.7 Å². The lowest BCUT2D eigenvalue weighted by Crippen LogP contribution is -2.63. The molecule has 1 aromatic heterocycles. The number of aliphatic hydroxyl groups excluding tert-OH is 4. The van der Waals surface area contributed by atoms with Crippen molar-refractivity contribution in [2.75, 3.05) is 34.9 Å². The van der Waals surface area contributed by atoms with E-state index in [-0.39, 0.29) is 24.7 Å². The maximum atomic E-state index is 14.0. The average molecular weight is 915 g/mol. The van der Waals surface area contributed by atoms with Crippen LogP contribution < -0.4 is 0 Å².